The Morgan fingerprint density at radius 2 is 1.83 bits per heavy atom. The summed E-state index contributed by atoms with van der Waals surface area (Å²) < 4.78 is 11.0. The SMILES string of the molecule is CC[C@H](NC(=O)c1cc2c(cc1Cl)OCCO2)c1ccccc1. The van der Waals surface area contributed by atoms with Crippen LogP contribution in [0, 0.1) is 0 Å². The number of halogens is 1. The minimum atomic E-state index is -0.220. The van der Waals surface area contributed by atoms with Crippen molar-refractivity contribution in [2.75, 3.05) is 13.2 Å². The van der Waals surface area contributed by atoms with Crippen LogP contribution < -0.4 is 14.8 Å². The summed E-state index contributed by atoms with van der Waals surface area (Å²) in [6.45, 7) is 2.99. The topological polar surface area (TPSA) is 47.6 Å². The lowest BCUT2D eigenvalue weighted by Gasteiger charge is -2.21. The highest BCUT2D eigenvalue weighted by Gasteiger charge is 2.21. The molecule has 0 saturated carbocycles. The Hall–Kier alpha value is -2.20. The fourth-order valence-electron chi connectivity index (χ4n) is 2.58. The molecular formula is C18H18ClNO3. The summed E-state index contributed by atoms with van der Waals surface area (Å²) in [4.78, 5) is 12.6. The van der Waals surface area contributed by atoms with Crippen molar-refractivity contribution in [2.24, 2.45) is 0 Å². The lowest BCUT2D eigenvalue weighted by atomic mass is 10.0. The molecule has 0 bridgehead atoms. The smallest absolute Gasteiger partial charge is 0.253 e. The normalized spacial score (nSPS) is 14.2. The van der Waals surface area contributed by atoms with E-state index in [9.17, 15) is 4.79 Å². The van der Waals surface area contributed by atoms with E-state index in [-0.39, 0.29) is 11.9 Å². The molecule has 4 nitrogen and oxygen atoms in total. The highest BCUT2D eigenvalue weighted by molar-refractivity contribution is 6.34. The first-order valence-electron chi connectivity index (χ1n) is 7.64. The predicted octanol–water partition coefficient (Wildman–Crippen LogP) is 3.99. The van der Waals surface area contributed by atoms with E-state index < -0.39 is 0 Å². The number of hydrogen-bond donors (Lipinski definition) is 1. The van der Waals surface area contributed by atoms with Crippen molar-refractivity contribution >= 4 is 17.5 Å². The molecule has 1 heterocycles. The molecular weight excluding hydrogens is 314 g/mol. The molecule has 0 aromatic heterocycles. The van der Waals surface area contributed by atoms with E-state index in [4.69, 9.17) is 21.1 Å². The molecule has 3 rings (SSSR count). The molecule has 1 aliphatic heterocycles. The lowest BCUT2D eigenvalue weighted by Crippen LogP contribution is -2.28. The number of nitrogens with one attached hydrogen (secondary N) is 1. The number of fused-ring (bicyclic) bond motifs is 1. The average molecular weight is 332 g/mol. The monoisotopic (exact) mass is 331 g/mol. The van der Waals surface area contributed by atoms with Crippen LogP contribution in [0.3, 0.4) is 0 Å². The first-order valence-corrected chi connectivity index (χ1v) is 8.01. The molecule has 0 spiro atoms. The van der Waals surface area contributed by atoms with Gasteiger partial charge in [-0.1, -0.05) is 48.9 Å². The van der Waals surface area contributed by atoms with Gasteiger partial charge in [-0.2, -0.15) is 0 Å². The summed E-state index contributed by atoms with van der Waals surface area (Å²) >= 11 is 6.23. The molecule has 120 valence electrons. The highest BCUT2D eigenvalue weighted by Crippen LogP contribution is 2.35. The Morgan fingerprint density at radius 3 is 2.48 bits per heavy atom. The van der Waals surface area contributed by atoms with Gasteiger partial charge in [0.05, 0.1) is 16.6 Å². The zero-order valence-corrected chi connectivity index (χ0v) is 13.6. The molecule has 0 unspecified atom stereocenters. The van der Waals surface area contributed by atoms with Crippen LogP contribution in [0.15, 0.2) is 42.5 Å². The van der Waals surface area contributed by atoms with E-state index in [2.05, 4.69) is 5.32 Å². The summed E-state index contributed by atoms with van der Waals surface area (Å²) in [7, 11) is 0. The van der Waals surface area contributed by atoms with Crippen LogP contribution in [0.2, 0.25) is 5.02 Å². The van der Waals surface area contributed by atoms with Gasteiger partial charge >= 0.3 is 0 Å². The summed E-state index contributed by atoms with van der Waals surface area (Å²) in [5.41, 5.74) is 1.46. The Balaban J connectivity index is 1.82. The molecule has 0 saturated heterocycles. The van der Waals surface area contributed by atoms with Gasteiger partial charge in [0.15, 0.2) is 11.5 Å². The third-order valence-electron chi connectivity index (χ3n) is 3.79. The van der Waals surface area contributed by atoms with E-state index in [1.54, 1.807) is 12.1 Å². The number of amides is 1. The van der Waals surface area contributed by atoms with E-state index in [0.717, 1.165) is 12.0 Å². The van der Waals surface area contributed by atoms with Crippen LogP contribution in [0.4, 0.5) is 0 Å². The van der Waals surface area contributed by atoms with Gasteiger partial charge in [0, 0.05) is 6.07 Å². The van der Waals surface area contributed by atoms with Crippen molar-refractivity contribution in [3.05, 3.63) is 58.6 Å². The van der Waals surface area contributed by atoms with Crippen molar-refractivity contribution in [3.8, 4) is 11.5 Å². The zero-order chi connectivity index (χ0) is 16.2. The summed E-state index contributed by atoms with van der Waals surface area (Å²) in [5, 5.41) is 3.38. The van der Waals surface area contributed by atoms with Crippen LogP contribution in [-0.2, 0) is 0 Å². The molecule has 0 aliphatic carbocycles. The Labute approximate surface area is 140 Å². The van der Waals surface area contributed by atoms with Crippen molar-refractivity contribution in [1.29, 1.82) is 0 Å². The standard InChI is InChI=1S/C18H18ClNO3/c1-2-15(12-6-4-3-5-7-12)20-18(21)13-10-16-17(11-14(13)19)23-9-8-22-16/h3-7,10-11,15H,2,8-9H2,1H3,(H,20,21)/t15-/m0/s1. The minimum Gasteiger partial charge on any atom is -0.486 e. The van der Waals surface area contributed by atoms with Crippen LogP contribution in [0.25, 0.3) is 0 Å². The molecule has 1 N–H and O–H groups in total. The van der Waals surface area contributed by atoms with Gasteiger partial charge in [0.2, 0.25) is 0 Å². The fraction of sp³-hybridized carbons (Fsp3) is 0.278. The summed E-state index contributed by atoms with van der Waals surface area (Å²) in [6.07, 6.45) is 0.790. The van der Waals surface area contributed by atoms with Gasteiger partial charge in [0.25, 0.3) is 5.91 Å². The largest absolute Gasteiger partial charge is 0.486 e. The maximum atomic E-state index is 12.6. The number of carbonyl (C=O) groups is 1. The number of benzene rings is 2. The van der Waals surface area contributed by atoms with Crippen LogP contribution in [0.1, 0.15) is 35.3 Å². The van der Waals surface area contributed by atoms with Gasteiger partial charge in [-0.3, -0.25) is 4.79 Å². The first kappa shape index (κ1) is 15.7. The molecule has 2 aromatic rings. The van der Waals surface area contributed by atoms with Crippen molar-refractivity contribution < 1.29 is 14.3 Å². The van der Waals surface area contributed by atoms with Gasteiger partial charge in [-0.15, -0.1) is 0 Å². The molecule has 1 amide bonds. The van der Waals surface area contributed by atoms with Crippen LogP contribution >= 0.6 is 11.6 Å². The Kier molecular flexibility index (Phi) is 4.72. The van der Waals surface area contributed by atoms with Crippen LogP contribution in [0.5, 0.6) is 11.5 Å². The van der Waals surface area contributed by atoms with Gasteiger partial charge in [-0.25, -0.2) is 0 Å². The van der Waals surface area contributed by atoms with Crippen molar-refractivity contribution in [1.82, 2.24) is 5.32 Å². The van der Waals surface area contributed by atoms with Gasteiger partial charge in [-0.05, 0) is 18.1 Å². The lowest BCUT2D eigenvalue weighted by molar-refractivity contribution is 0.0934. The second-order valence-corrected chi connectivity index (χ2v) is 5.73. The average Bonchev–Trinajstić information content (AvgIpc) is 2.59. The molecule has 5 heteroatoms. The maximum absolute atomic E-state index is 12.6. The number of carbonyl (C=O) groups excluding carboxylic acids is 1. The zero-order valence-electron chi connectivity index (χ0n) is 12.8. The second kappa shape index (κ2) is 6.92. The fourth-order valence-corrected chi connectivity index (χ4v) is 2.82. The third-order valence-corrected chi connectivity index (χ3v) is 4.10. The maximum Gasteiger partial charge on any atom is 0.253 e. The summed E-state index contributed by atoms with van der Waals surface area (Å²) in [5.74, 6) is 0.911. The van der Waals surface area contributed by atoms with Crippen molar-refractivity contribution in [3.63, 3.8) is 0 Å². The first-order chi connectivity index (χ1) is 11.2. The van der Waals surface area contributed by atoms with Gasteiger partial charge in [0.1, 0.15) is 13.2 Å². The molecule has 23 heavy (non-hydrogen) atoms. The highest BCUT2D eigenvalue weighted by atomic mass is 35.5. The minimum absolute atomic E-state index is 0.0621. The number of ether oxygens (including phenoxy) is 2. The predicted molar refractivity (Wildman–Crippen MR) is 89.4 cm³/mol. The number of rotatable bonds is 4. The van der Waals surface area contributed by atoms with E-state index >= 15 is 0 Å². The molecule has 1 aliphatic rings. The van der Waals surface area contributed by atoms with E-state index in [0.29, 0.717) is 35.3 Å². The Bertz CT molecular complexity index is 703. The van der Waals surface area contributed by atoms with Gasteiger partial charge < -0.3 is 14.8 Å². The molecule has 2 aromatic carbocycles. The van der Waals surface area contributed by atoms with Crippen molar-refractivity contribution in [2.45, 2.75) is 19.4 Å². The number of hydrogen-bond acceptors (Lipinski definition) is 3. The molecule has 0 radical (unpaired) electrons. The Morgan fingerprint density at radius 1 is 1.17 bits per heavy atom. The molecule has 1 atom stereocenters. The quantitative estimate of drug-likeness (QED) is 0.921. The van der Waals surface area contributed by atoms with E-state index in [1.807, 2.05) is 37.3 Å². The molecule has 0 fully saturated rings. The third kappa shape index (κ3) is 3.42. The van der Waals surface area contributed by atoms with Crippen LogP contribution in [-0.4, -0.2) is 19.1 Å². The summed E-state index contributed by atoms with van der Waals surface area (Å²) in [6, 6.07) is 13.1. The van der Waals surface area contributed by atoms with E-state index in [1.165, 1.54) is 0 Å². The second-order valence-electron chi connectivity index (χ2n) is 5.32.